The zero-order valence-electron chi connectivity index (χ0n) is 10.3. The molecule has 0 bridgehead atoms. The highest BCUT2D eigenvalue weighted by Gasteiger charge is 2.21. The van der Waals surface area contributed by atoms with Crippen molar-refractivity contribution in [3.63, 3.8) is 0 Å². The Morgan fingerprint density at radius 3 is 2.58 bits per heavy atom. The Labute approximate surface area is 110 Å². The van der Waals surface area contributed by atoms with E-state index in [1.165, 1.54) is 18.2 Å². The third-order valence-electron chi connectivity index (χ3n) is 3.07. The van der Waals surface area contributed by atoms with Gasteiger partial charge < -0.3 is 14.9 Å². The molecule has 0 spiro atoms. The molecule has 0 atom stereocenters. The van der Waals surface area contributed by atoms with Crippen molar-refractivity contribution >= 4 is 17.7 Å². The molecule has 0 saturated heterocycles. The van der Waals surface area contributed by atoms with Gasteiger partial charge in [0.1, 0.15) is 17.4 Å². The lowest BCUT2D eigenvalue weighted by Gasteiger charge is -2.13. The Morgan fingerprint density at radius 1 is 1.26 bits per heavy atom. The van der Waals surface area contributed by atoms with Crippen LogP contribution in [0.4, 0.5) is 10.5 Å². The average molecular weight is 265 g/mol. The number of carboxylic acids is 1. The molecule has 0 aliphatic heterocycles. The maximum atomic E-state index is 11.6. The Kier molecular flexibility index (Phi) is 3.89. The third kappa shape index (κ3) is 3.15. The fourth-order valence-electron chi connectivity index (χ4n) is 2.17. The van der Waals surface area contributed by atoms with Crippen molar-refractivity contribution in [1.29, 1.82) is 0 Å². The molecule has 0 heterocycles. The van der Waals surface area contributed by atoms with E-state index in [-0.39, 0.29) is 17.4 Å². The number of aromatic carboxylic acids is 1. The minimum Gasteiger partial charge on any atom is -0.507 e. The SMILES string of the molecule is O=C(Nc1cccc(O)c1C(=O)O)OC1CCCC1. The minimum atomic E-state index is -1.31. The number of carbonyl (C=O) groups is 2. The molecule has 2 rings (SSSR count). The van der Waals surface area contributed by atoms with Crippen molar-refractivity contribution in [1.82, 2.24) is 0 Å². The van der Waals surface area contributed by atoms with Crippen LogP contribution in [0, 0.1) is 0 Å². The number of phenols is 1. The van der Waals surface area contributed by atoms with Crippen LogP contribution >= 0.6 is 0 Å². The summed E-state index contributed by atoms with van der Waals surface area (Å²) in [5.74, 6) is -1.71. The Bertz CT molecular complexity index is 494. The number of carbonyl (C=O) groups excluding carboxylic acids is 1. The van der Waals surface area contributed by atoms with E-state index in [1.54, 1.807) is 0 Å². The molecule has 0 aromatic heterocycles. The number of hydrogen-bond acceptors (Lipinski definition) is 4. The second-order valence-electron chi connectivity index (χ2n) is 4.44. The fraction of sp³-hybridized carbons (Fsp3) is 0.385. The van der Waals surface area contributed by atoms with Crippen LogP contribution in [-0.2, 0) is 4.74 Å². The van der Waals surface area contributed by atoms with Crippen molar-refractivity contribution in [3.05, 3.63) is 23.8 Å². The molecule has 102 valence electrons. The first kappa shape index (κ1) is 13.2. The van der Waals surface area contributed by atoms with Crippen LogP contribution in [0.3, 0.4) is 0 Å². The summed E-state index contributed by atoms with van der Waals surface area (Å²) in [4.78, 5) is 22.7. The summed E-state index contributed by atoms with van der Waals surface area (Å²) < 4.78 is 5.17. The Hall–Kier alpha value is -2.24. The minimum absolute atomic E-state index is 0.0236. The van der Waals surface area contributed by atoms with Gasteiger partial charge in [0.2, 0.25) is 0 Å². The van der Waals surface area contributed by atoms with E-state index < -0.39 is 17.8 Å². The molecular formula is C13H15NO5. The van der Waals surface area contributed by atoms with E-state index >= 15 is 0 Å². The van der Waals surface area contributed by atoms with E-state index in [2.05, 4.69) is 5.32 Å². The summed E-state index contributed by atoms with van der Waals surface area (Å²) >= 11 is 0. The van der Waals surface area contributed by atoms with Gasteiger partial charge in [0.05, 0.1) is 5.69 Å². The topological polar surface area (TPSA) is 95.9 Å². The molecule has 6 heteroatoms. The van der Waals surface area contributed by atoms with Gasteiger partial charge in [-0.1, -0.05) is 6.07 Å². The zero-order chi connectivity index (χ0) is 13.8. The first-order valence-electron chi connectivity index (χ1n) is 6.11. The summed E-state index contributed by atoms with van der Waals surface area (Å²) in [6, 6.07) is 4.10. The van der Waals surface area contributed by atoms with Gasteiger partial charge in [-0.25, -0.2) is 9.59 Å². The zero-order valence-corrected chi connectivity index (χ0v) is 10.3. The standard InChI is InChI=1S/C13H15NO5/c15-10-7-3-6-9(11(10)12(16)17)14-13(18)19-8-4-1-2-5-8/h3,6-8,15H,1-2,4-5H2,(H,14,18)(H,16,17). The predicted molar refractivity (Wildman–Crippen MR) is 67.4 cm³/mol. The molecule has 0 unspecified atom stereocenters. The largest absolute Gasteiger partial charge is 0.507 e. The third-order valence-corrected chi connectivity index (χ3v) is 3.07. The van der Waals surface area contributed by atoms with Crippen LogP contribution in [0.25, 0.3) is 0 Å². The predicted octanol–water partition coefficient (Wildman–Crippen LogP) is 2.58. The summed E-state index contributed by atoms with van der Waals surface area (Å²) in [6.45, 7) is 0. The molecule has 1 aromatic rings. The molecule has 1 saturated carbocycles. The number of amides is 1. The highest BCUT2D eigenvalue weighted by Crippen LogP contribution is 2.26. The van der Waals surface area contributed by atoms with E-state index in [1.807, 2.05) is 0 Å². The number of benzene rings is 1. The number of anilines is 1. The van der Waals surface area contributed by atoms with Gasteiger partial charge in [-0.15, -0.1) is 0 Å². The Morgan fingerprint density at radius 2 is 1.95 bits per heavy atom. The van der Waals surface area contributed by atoms with Crippen molar-refractivity contribution in [3.8, 4) is 5.75 Å². The van der Waals surface area contributed by atoms with Crippen LogP contribution in [0.5, 0.6) is 5.75 Å². The second-order valence-corrected chi connectivity index (χ2v) is 4.44. The normalized spacial score (nSPS) is 15.2. The highest BCUT2D eigenvalue weighted by molar-refractivity contribution is 6.01. The average Bonchev–Trinajstić information content (AvgIpc) is 2.81. The lowest BCUT2D eigenvalue weighted by molar-refractivity contribution is 0.0695. The maximum Gasteiger partial charge on any atom is 0.411 e. The molecular weight excluding hydrogens is 250 g/mol. The van der Waals surface area contributed by atoms with Crippen molar-refractivity contribution in [2.24, 2.45) is 0 Å². The van der Waals surface area contributed by atoms with Crippen LogP contribution in [-0.4, -0.2) is 28.4 Å². The molecule has 3 N–H and O–H groups in total. The van der Waals surface area contributed by atoms with Gasteiger partial charge in [0.15, 0.2) is 0 Å². The lowest BCUT2D eigenvalue weighted by atomic mass is 10.1. The van der Waals surface area contributed by atoms with Gasteiger partial charge in [-0.05, 0) is 37.8 Å². The van der Waals surface area contributed by atoms with Crippen molar-refractivity contribution < 1.29 is 24.5 Å². The quantitative estimate of drug-likeness (QED) is 0.780. The van der Waals surface area contributed by atoms with Gasteiger partial charge in [0.25, 0.3) is 0 Å². The number of nitrogens with one attached hydrogen (secondary N) is 1. The van der Waals surface area contributed by atoms with E-state index in [4.69, 9.17) is 9.84 Å². The Balaban J connectivity index is 2.07. The van der Waals surface area contributed by atoms with E-state index in [0.717, 1.165) is 25.7 Å². The van der Waals surface area contributed by atoms with Gasteiger partial charge in [-0.2, -0.15) is 0 Å². The highest BCUT2D eigenvalue weighted by atomic mass is 16.6. The molecule has 19 heavy (non-hydrogen) atoms. The summed E-state index contributed by atoms with van der Waals surface area (Å²) in [5, 5.41) is 20.8. The van der Waals surface area contributed by atoms with E-state index in [9.17, 15) is 14.7 Å². The maximum absolute atomic E-state index is 11.6. The lowest BCUT2D eigenvalue weighted by Crippen LogP contribution is -2.21. The fourth-order valence-corrected chi connectivity index (χ4v) is 2.17. The van der Waals surface area contributed by atoms with Crippen LogP contribution in [0.15, 0.2) is 18.2 Å². The first-order chi connectivity index (χ1) is 9.08. The van der Waals surface area contributed by atoms with Gasteiger partial charge >= 0.3 is 12.1 Å². The molecule has 0 radical (unpaired) electrons. The number of aromatic hydroxyl groups is 1. The number of carboxylic acid groups (broad SMARTS) is 1. The molecule has 1 amide bonds. The van der Waals surface area contributed by atoms with Crippen LogP contribution < -0.4 is 5.32 Å². The molecule has 6 nitrogen and oxygen atoms in total. The second kappa shape index (κ2) is 5.60. The number of ether oxygens (including phenoxy) is 1. The van der Waals surface area contributed by atoms with E-state index in [0.29, 0.717) is 0 Å². The summed E-state index contributed by atoms with van der Waals surface area (Å²) in [5.41, 5.74) is -0.318. The number of hydrogen-bond donors (Lipinski definition) is 3. The monoisotopic (exact) mass is 265 g/mol. The first-order valence-corrected chi connectivity index (χ1v) is 6.11. The van der Waals surface area contributed by atoms with Gasteiger partial charge in [-0.3, -0.25) is 5.32 Å². The molecule has 1 fully saturated rings. The van der Waals surface area contributed by atoms with Crippen LogP contribution in [0.1, 0.15) is 36.0 Å². The molecule has 1 aliphatic carbocycles. The van der Waals surface area contributed by atoms with Crippen molar-refractivity contribution in [2.45, 2.75) is 31.8 Å². The van der Waals surface area contributed by atoms with Gasteiger partial charge in [0, 0.05) is 0 Å². The summed E-state index contributed by atoms with van der Waals surface area (Å²) in [6.07, 6.45) is 2.93. The molecule has 1 aromatic carbocycles. The smallest absolute Gasteiger partial charge is 0.411 e. The van der Waals surface area contributed by atoms with Crippen LogP contribution in [0.2, 0.25) is 0 Å². The molecule has 1 aliphatic rings. The summed E-state index contributed by atoms with van der Waals surface area (Å²) in [7, 11) is 0. The van der Waals surface area contributed by atoms with Crippen molar-refractivity contribution in [2.75, 3.05) is 5.32 Å². The number of rotatable bonds is 3.